The van der Waals surface area contributed by atoms with Gasteiger partial charge in [0.1, 0.15) is 0 Å². The molecule has 2 N–H and O–H groups in total. The van der Waals surface area contributed by atoms with Crippen molar-refractivity contribution in [2.45, 2.75) is 12.8 Å². The second kappa shape index (κ2) is 7.79. The number of nitrogens with zero attached hydrogens (tertiary/aromatic N) is 2. The van der Waals surface area contributed by atoms with E-state index in [2.05, 4.69) is 11.4 Å². The van der Waals surface area contributed by atoms with Gasteiger partial charge in [-0.3, -0.25) is 4.79 Å². The fourth-order valence-corrected chi connectivity index (χ4v) is 1.61. The smallest absolute Gasteiger partial charge is 0.317 e. The molecule has 0 spiro atoms. The topological polar surface area (TPSA) is 93.4 Å². The Kier molecular flexibility index (Phi) is 6.04. The van der Waals surface area contributed by atoms with Gasteiger partial charge in [0.25, 0.3) is 0 Å². The highest BCUT2D eigenvalue weighted by Crippen LogP contribution is 2.04. The van der Waals surface area contributed by atoms with Crippen LogP contribution in [0.5, 0.6) is 0 Å². The number of nitriles is 1. The molecular formula is C14H17N3O3. The van der Waals surface area contributed by atoms with E-state index in [0.29, 0.717) is 18.5 Å². The lowest BCUT2D eigenvalue weighted by Gasteiger charge is -2.16. The zero-order valence-corrected chi connectivity index (χ0v) is 11.3. The van der Waals surface area contributed by atoms with Crippen molar-refractivity contribution in [3.8, 4) is 6.07 Å². The van der Waals surface area contributed by atoms with E-state index in [1.807, 2.05) is 6.07 Å². The van der Waals surface area contributed by atoms with E-state index in [9.17, 15) is 9.59 Å². The molecule has 0 aliphatic heterocycles. The highest BCUT2D eigenvalue weighted by molar-refractivity contribution is 5.74. The van der Waals surface area contributed by atoms with Crippen molar-refractivity contribution in [3.05, 3.63) is 35.4 Å². The number of hydrogen-bond donors (Lipinski definition) is 2. The van der Waals surface area contributed by atoms with Crippen LogP contribution >= 0.6 is 0 Å². The average Bonchev–Trinajstić information content (AvgIpc) is 2.44. The van der Waals surface area contributed by atoms with Crippen molar-refractivity contribution in [2.75, 3.05) is 20.1 Å². The number of urea groups is 1. The minimum atomic E-state index is -0.932. The maximum Gasteiger partial charge on any atom is 0.317 e. The first-order valence-corrected chi connectivity index (χ1v) is 6.22. The molecule has 20 heavy (non-hydrogen) atoms. The minimum Gasteiger partial charge on any atom is -0.481 e. The minimum absolute atomic E-state index is 0.0753. The van der Waals surface area contributed by atoms with Gasteiger partial charge in [-0.1, -0.05) is 12.1 Å². The standard InChI is InChI=1S/C14H17N3O3/c1-17(8-6-13(18)19)14(20)16-7-5-11-3-2-4-12(9-11)10-15/h2-4,9H,5-8H2,1H3,(H,16,20)(H,18,19). The Morgan fingerprint density at radius 3 is 2.85 bits per heavy atom. The number of carbonyl (C=O) groups is 2. The number of aliphatic carboxylic acids is 1. The van der Waals surface area contributed by atoms with Gasteiger partial charge < -0.3 is 15.3 Å². The SMILES string of the molecule is CN(CCC(=O)O)C(=O)NCCc1cccc(C#N)c1. The highest BCUT2D eigenvalue weighted by Gasteiger charge is 2.09. The summed E-state index contributed by atoms with van der Waals surface area (Å²) in [5, 5.41) is 20.0. The van der Waals surface area contributed by atoms with E-state index in [-0.39, 0.29) is 19.0 Å². The van der Waals surface area contributed by atoms with E-state index in [1.54, 1.807) is 25.2 Å². The van der Waals surface area contributed by atoms with Gasteiger partial charge in [0.05, 0.1) is 18.1 Å². The Morgan fingerprint density at radius 1 is 1.45 bits per heavy atom. The monoisotopic (exact) mass is 275 g/mol. The van der Waals surface area contributed by atoms with Crippen LogP contribution in [0.3, 0.4) is 0 Å². The lowest BCUT2D eigenvalue weighted by Crippen LogP contribution is -2.39. The summed E-state index contributed by atoms with van der Waals surface area (Å²) < 4.78 is 0. The molecule has 0 bridgehead atoms. The van der Waals surface area contributed by atoms with Crippen LogP contribution in [-0.4, -0.2) is 42.1 Å². The molecule has 2 amide bonds. The number of carboxylic acids is 1. The van der Waals surface area contributed by atoms with Crippen LogP contribution in [0.2, 0.25) is 0 Å². The Morgan fingerprint density at radius 2 is 2.20 bits per heavy atom. The zero-order chi connectivity index (χ0) is 15.0. The number of carbonyl (C=O) groups excluding carboxylic acids is 1. The summed E-state index contributed by atoms with van der Waals surface area (Å²) in [4.78, 5) is 23.4. The van der Waals surface area contributed by atoms with Gasteiger partial charge in [0.15, 0.2) is 0 Å². The van der Waals surface area contributed by atoms with Crippen molar-refractivity contribution in [1.29, 1.82) is 5.26 Å². The van der Waals surface area contributed by atoms with Crippen molar-refractivity contribution in [2.24, 2.45) is 0 Å². The molecule has 0 atom stereocenters. The molecule has 0 radical (unpaired) electrons. The molecule has 1 rings (SSSR count). The van der Waals surface area contributed by atoms with Crippen LogP contribution in [-0.2, 0) is 11.2 Å². The third-order valence-corrected chi connectivity index (χ3v) is 2.75. The summed E-state index contributed by atoms with van der Waals surface area (Å²) in [6, 6.07) is 8.95. The van der Waals surface area contributed by atoms with Gasteiger partial charge in [0.2, 0.25) is 0 Å². The van der Waals surface area contributed by atoms with Crippen molar-refractivity contribution >= 4 is 12.0 Å². The molecule has 0 fully saturated rings. The number of nitrogens with one attached hydrogen (secondary N) is 1. The third-order valence-electron chi connectivity index (χ3n) is 2.75. The summed E-state index contributed by atoms with van der Waals surface area (Å²) in [5.41, 5.74) is 1.56. The summed E-state index contributed by atoms with van der Waals surface area (Å²) in [6.45, 7) is 0.607. The summed E-state index contributed by atoms with van der Waals surface area (Å²) >= 11 is 0. The molecule has 1 aromatic rings. The fourth-order valence-electron chi connectivity index (χ4n) is 1.61. The first kappa shape index (κ1) is 15.5. The fraction of sp³-hybridized carbons (Fsp3) is 0.357. The van der Waals surface area contributed by atoms with Gasteiger partial charge in [0, 0.05) is 20.1 Å². The molecule has 0 heterocycles. The second-order valence-corrected chi connectivity index (χ2v) is 4.36. The maximum absolute atomic E-state index is 11.6. The van der Waals surface area contributed by atoms with Crippen molar-refractivity contribution in [1.82, 2.24) is 10.2 Å². The number of hydrogen-bond acceptors (Lipinski definition) is 3. The lowest BCUT2D eigenvalue weighted by molar-refractivity contribution is -0.137. The van der Waals surface area contributed by atoms with Crippen LogP contribution in [0.1, 0.15) is 17.5 Å². The largest absolute Gasteiger partial charge is 0.481 e. The number of rotatable bonds is 6. The third kappa shape index (κ3) is 5.40. The van der Waals surface area contributed by atoms with Crippen LogP contribution in [0.15, 0.2) is 24.3 Å². The van der Waals surface area contributed by atoms with E-state index in [4.69, 9.17) is 10.4 Å². The Labute approximate surface area is 117 Å². The van der Waals surface area contributed by atoms with Gasteiger partial charge >= 0.3 is 12.0 Å². The predicted molar refractivity (Wildman–Crippen MR) is 73.1 cm³/mol. The number of benzene rings is 1. The van der Waals surface area contributed by atoms with E-state index >= 15 is 0 Å². The van der Waals surface area contributed by atoms with Gasteiger partial charge in [-0.2, -0.15) is 5.26 Å². The van der Waals surface area contributed by atoms with E-state index < -0.39 is 5.97 Å². The van der Waals surface area contributed by atoms with E-state index in [1.165, 1.54) is 4.90 Å². The average molecular weight is 275 g/mol. The molecular weight excluding hydrogens is 258 g/mol. The Balaban J connectivity index is 2.34. The van der Waals surface area contributed by atoms with Crippen LogP contribution in [0, 0.1) is 11.3 Å². The molecule has 0 aliphatic rings. The normalized spacial score (nSPS) is 9.60. The quantitative estimate of drug-likeness (QED) is 0.816. The lowest BCUT2D eigenvalue weighted by atomic mass is 10.1. The van der Waals surface area contributed by atoms with Gasteiger partial charge in [-0.05, 0) is 24.1 Å². The maximum atomic E-state index is 11.6. The van der Waals surface area contributed by atoms with Crippen molar-refractivity contribution in [3.63, 3.8) is 0 Å². The molecule has 106 valence electrons. The van der Waals surface area contributed by atoms with Crippen LogP contribution in [0.25, 0.3) is 0 Å². The first-order valence-electron chi connectivity index (χ1n) is 6.22. The second-order valence-electron chi connectivity index (χ2n) is 4.36. The molecule has 6 heteroatoms. The number of carboxylic acid groups (broad SMARTS) is 1. The summed E-state index contributed by atoms with van der Waals surface area (Å²) in [7, 11) is 1.55. The summed E-state index contributed by atoms with van der Waals surface area (Å²) in [6.07, 6.45) is 0.544. The predicted octanol–water partition coefficient (Wildman–Crippen LogP) is 1.22. The Hall–Kier alpha value is -2.55. The Bertz CT molecular complexity index is 523. The molecule has 1 aromatic carbocycles. The number of amides is 2. The zero-order valence-electron chi connectivity index (χ0n) is 11.3. The van der Waals surface area contributed by atoms with Crippen LogP contribution < -0.4 is 5.32 Å². The molecule has 6 nitrogen and oxygen atoms in total. The highest BCUT2D eigenvalue weighted by atomic mass is 16.4. The van der Waals surface area contributed by atoms with E-state index in [0.717, 1.165) is 5.56 Å². The first-order chi connectivity index (χ1) is 9.52. The van der Waals surface area contributed by atoms with Crippen LogP contribution in [0.4, 0.5) is 4.79 Å². The molecule has 0 aliphatic carbocycles. The molecule has 0 saturated carbocycles. The van der Waals surface area contributed by atoms with Gasteiger partial charge in [-0.25, -0.2) is 4.79 Å². The van der Waals surface area contributed by atoms with Gasteiger partial charge in [-0.15, -0.1) is 0 Å². The summed E-state index contributed by atoms with van der Waals surface area (Å²) in [5.74, 6) is -0.932. The van der Waals surface area contributed by atoms with Crippen molar-refractivity contribution < 1.29 is 14.7 Å². The molecule has 0 saturated heterocycles. The molecule has 0 aromatic heterocycles. The molecule has 0 unspecified atom stereocenters.